The lowest BCUT2D eigenvalue weighted by atomic mass is 10.0. The Morgan fingerprint density at radius 1 is 1.50 bits per heavy atom. The Bertz CT molecular complexity index is 365. The van der Waals surface area contributed by atoms with Crippen molar-refractivity contribution in [2.75, 3.05) is 19.6 Å². The fraction of sp³-hybridized carbons (Fsp3) is 0.583. The molecule has 3 nitrogen and oxygen atoms in total. The van der Waals surface area contributed by atoms with Crippen LogP contribution in [-0.4, -0.2) is 35.1 Å². The molecule has 1 fully saturated rings. The standard InChI is InChI=1S/C12H18BrN3/c1-12(2)9-16(4-3-15-12)8-10-5-11(13)7-14-6-10/h5-7,15H,3-4,8-9H2,1-2H3. The zero-order valence-corrected chi connectivity index (χ0v) is 11.4. The molecule has 4 heteroatoms. The molecule has 0 aliphatic carbocycles. The molecule has 0 saturated carbocycles. The quantitative estimate of drug-likeness (QED) is 0.900. The van der Waals surface area contributed by atoms with Gasteiger partial charge in [0.2, 0.25) is 0 Å². The average Bonchev–Trinajstić information content (AvgIpc) is 2.15. The molecule has 1 aromatic rings. The van der Waals surface area contributed by atoms with Crippen LogP contribution < -0.4 is 5.32 Å². The van der Waals surface area contributed by atoms with Crippen molar-refractivity contribution in [3.63, 3.8) is 0 Å². The zero-order valence-electron chi connectivity index (χ0n) is 9.83. The van der Waals surface area contributed by atoms with Crippen LogP contribution in [0.5, 0.6) is 0 Å². The van der Waals surface area contributed by atoms with E-state index >= 15 is 0 Å². The first-order valence-electron chi connectivity index (χ1n) is 5.62. The van der Waals surface area contributed by atoms with Crippen LogP contribution in [0.3, 0.4) is 0 Å². The summed E-state index contributed by atoms with van der Waals surface area (Å²) in [5.74, 6) is 0. The first-order chi connectivity index (χ1) is 7.55. The van der Waals surface area contributed by atoms with Crippen LogP contribution in [0.15, 0.2) is 22.9 Å². The van der Waals surface area contributed by atoms with E-state index in [4.69, 9.17) is 0 Å². The lowest BCUT2D eigenvalue weighted by molar-refractivity contribution is 0.148. The number of pyridine rings is 1. The van der Waals surface area contributed by atoms with Crippen molar-refractivity contribution < 1.29 is 0 Å². The minimum absolute atomic E-state index is 0.220. The van der Waals surface area contributed by atoms with Gasteiger partial charge in [0.05, 0.1) is 0 Å². The third-order valence-electron chi connectivity index (χ3n) is 2.82. The first kappa shape index (κ1) is 12.0. The second-order valence-corrected chi connectivity index (χ2v) is 5.95. The predicted octanol–water partition coefficient (Wildman–Crippen LogP) is 2.03. The molecule has 0 spiro atoms. The van der Waals surface area contributed by atoms with E-state index in [2.05, 4.69) is 51.0 Å². The van der Waals surface area contributed by atoms with Gasteiger partial charge in [-0.3, -0.25) is 9.88 Å². The number of nitrogens with one attached hydrogen (secondary N) is 1. The highest BCUT2D eigenvalue weighted by atomic mass is 79.9. The number of aromatic nitrogens is 1. The summed E-state index contributed by atoms with van der Waals surface area (Å²) in [6, 6.07) is 2.14. The number of rotatable bonds is 2. The summed E-state index contributed by atoms with van der Waals surface area (Å²) < 4.78 is 1.05. The van der Waals surface area contributed by atoms with E-state index in [9.17, 15) is 0 Å². The molecule has 1 aromatic heterocycles. The maximum Gasteiger partial charge on any atom is 0.0410 e. The summed E-state index contributed by atoms with van der Waals surface area (Å²) in [6.07, 6.45) is 3.77. The minimum atomic E-state index is 0.220. The molecule has 1 aliphatic heterocycles. The Morgan fingerprint density at radius 3 is 3.00 bits per heavy atom. The molecule has 88 valence electrons. The van der Waals surface area contributed by atoms with Crippen LogP contribution in [0.1, 0.15) is 19.4 Å². The predicted molar refractivity (Wildman–Crippen MR) is 69.3 cm³/mol. The average molecular weight is 284 g/mol. The van der Waals surface area contributed by atoms with Crippen molar-refractivity contribution in [2.24, 2.45) is 0 Å². The van der Waals surface area contributed by atoms with E-state index in [1.54, 1.807) is 0 Å². The Balaban J connectivity index is 1.99. The highest BCUT2D eigenvalue weighted by Gasteiger charge is 2.25. The van der Waals surface area contributed by atoms with Crippen LogP contribution in [0, 0.1) is 0 Å². The van der Waals surface area contributed by atoms with Gasteiger partial charge in [-0.25, -0.2) is 0 Å². The second kappa shape index (κ2) is 4.82. The van der Waals surface area contributed by atoms with Crippen molar-refractivity contribution in [1.29, 1.82) is 0 Å². The molecule has 1 saturated heterocycles. The number of halogens is 1. The van der Waals surface area contributed by atoms with Gasteiger partial charge < -0.3 is 5.32 Å². The van der Waals surface area contributed by atoms with E-state index in [-0.39, 0.29) is 5.54 Å². The summed E-state index contributed by atoms with van der Waals surface area (Å²) in [5, 5.41) is 3.52. The minimum Gasteiger partial charge on any atom is -0.309 e. The highest BCUT2D eigenvalue weighted by molar-refractivity contribution is 9.10. The molecule has 0 aromatic carbocycles. The molecule has 0 bridgehead atoms. The second-order valence-electron chi connectivity index (χ2n) is 5.03. The first-order valence-corrected chi connectivity index (χ1v) is 6.41. The largest absolute Gasteiger partial charge is 0.309 e. The monoisotopic (exact) mass is 283 g/mol. The van der Waals surface area contributed by atoms with Gasteiger partial charge in [0.25, 0.3) is 0 Å². The van der Waals surface area contributed by atoms with Gasteiger partial charge in [-0.15, -0.1) is 0 Å². The smallest absolute Gasteiger partial charge is 0.0410 e. The molecule has 1 aliphatic rings. The number of hydrogen-bond acceptors (Lipinski definition) is 3. The van der Waals surface area contributed by atoms with E-state index in [1.165, 1.54) is 5.56 Å². The molecule has 0 atom stereocenters. The maximum atomic E-state index is 4.20. The number of nitrogens with zero attached hydrogens (tertiary/aromatic N) is 2. The Labute approximate surface area is 105 Å². The summed E-state index contributed by atoms with van der Waals surface area (Å²) in [6.45, 7) is 8.73. The summed E-state index contributed by atoms with van der Waals surface area (Å²) >= 11 is 3.46. The highest BCUT2D eigenvalue weighted by Crippen LogP contribution is 2.15. The molecule has 2 heterocycles. The molecular weight excluding hydrogens is 266 g/mol. The third kappa shape index (κ3) is 3.27. The van der Waals surface area contributed by atoms with E-state index in [1.807, 2.05) is 12.4 Å². The van der Waals surface area contributed by atoms with Crippen molar-refractivity contribution in [3.8, 4) is 0 Å². The van der Waals surface area contributed by atoms with Crippen molar-refractivity contribution in [1.82, 2.24) is 15.2 Å². The third-order valence-corrected chi connectivity index (χ3v) is 3.25. The molecule has 0 unspecified atom stereocenters. The van der Waals surface area contributed by atoms with Crippen LogP contribution in [0.2, 0.25) is 0 Å². The van der Waals surface area contributed by atoms with Crippen LogP contribution in [0.25, 0.3) is 0 Å². The Morgan fingerprint density at radius 2 is 2.31 bits per heavy atom. The van der Waals surface area contributed by atoms with E-state index in [0.717, 1.165) is 30.7 Å². The van der Waals surface area contributed by atoms with Gasteiger partial charge >= 0.3 is 0 Å². The van der Waals surface area contributed by atoms with Crippen molar-refractivity contribution in [3.05, 3.63) is 28.5 Å². The topological polar surface area (TPSA) is 28.2 Å². The van der Waals surface area contributed by atoms with Gasteiger partial charge in [0, 0.05) is 48.6 Å². The van der Waals surface area contributed by atoms with E-state index < -0.39 is 0 Å². The molecule has 16 heavy (non-hydrogen) atoms. The Hall–Kier alpha value is -0.450. The fourth-order valence-corrected chi connectivity index (χ4v) is 2.59. The van der Waals surface area contributed by atoms with Crippen LogP contribution in [-0.2, 0) is 6.54 Å². The normalized spacial score (nSPS) is 20.9. The molecule has 0 radical (unpaired) electrons. The lowest BCUT2D eigenvalue weighted by Crippen LogP contribution is -2.56. The molecule has 0 amide bonds. The molecule has 1 N–H and O–H groups in total. The number of piperazine rings is 1. The van der Waals surface area contributed by atoms with Crippen LogP contribution >= 0.6 is 15.9 Å². The zero-order chi connectivity index (χ0) is 11.6. The maximum absolute atomic E-state index is 4.20. The SMILES string of the molecule is CC1(C)CN(Cc2cncc(Br)c2)CCN1. The summed E-state index contributed by atoms with van der Waals surface area (Å²) in [5.41, 5.74) is 1.49. The summed E-state index contributed by atoms with van der Waals surface area (Å²) in [7, 11) is 0. The van der Waals surface area contributed by atoms with Crippen molar-refractivity contribution >= 4 is 15.9 Å². The number of hydrogen-bond donors (Lipinski definition) is 1. The van der Waals surface area contributed by atoms with Crippen molar-refractivity contribution in [2.45, 2.75) is 25.9 Å². The van der Waals surface area contributed by atoms with E-state index in [0.29, 0.717) is 0 Å². The van der Waals surface area contributed by atoms with Gasteiger partial charge in [-0.1, -0.05) is 0 Å². The van der Waals surface area contributed by atoms with Gasteiger partial charge in [0.1, 0.15) is 0 Å². The van der Waals surface area contributed by atoms with Gasteiger partial charge in [-0.2, -0.15) is 0 Å². The Kier molecular flexibility index (Phi) is 3.62. The fourth-order valence-electron chi connectivity index (χ4n) is 2.18. The molecule has 2 rings (SSSR count). The lowest BCUT2D eigenvalue weighted by Gasteiger charge is -2.39. The summed E-state index contributed by atoms with van der Waals surface area (Å²) in [4.78, 5) is 6.67. The van der Waals surface area contributed by atoms with Crippen LogP contribution in [0.4, 0.5) is 0 Å². The van der Waals surface area contributed by atoms with Gasteiger partial charge in [0.15, 0.2) is 0 Å². The molecular formula is C12H18BrN3. The van der Waals surface area contributed by atoms with Gasteiger partial charge in [-0.05, 0) is 41.4 Å².